The number of ether oxygens (including phenoxy) is 2. The second-order valence-corrected chi connectivity index (χ2v) is 7.24. The summed E-state index contributed by atoms with van der Waals surface area (Å²) in [7, 11) is 0. The van der Waals surface area contributed by atoms with E-state index in [1.54, 1.807) is 0 Å². The Balaban J connectivity index is 1.32. The zero-order chi connectivity index (χ0) is 20.1. The Morgan fingerprint density at radius 1 is 1.21 bits per heavy atom. The third-order valence-corrected chi connectivity index (χ3v) is 4.93. The molecule has 0 unspecified atom stereocenters. The number of benzene rings is 2. The first kappa shape index (κ1) is 19.2. The molecule has 1 aliphatic heterocycles. The molecule has 0 saturated carbocycles. The summed E-state index contributed by atoms with van der Waals surface area (Å²) in [6.07, 6.45) is 2.68. The summed E-state index contributed by atoms with van der Waals surface area (Å²) >= 11 is 0. The second kappa shape index (κ2) is 8.92. The number of hydrogen-bond acceptors (Lipinski definition) is 4. The number of carbonyl (C=O) groups is 1. The molecular formula is C23H25N3O3. The lowest BCUT2D eigenvalue weighted by Gasteiger charge is -2.22. The van der Waals surface area contributed by atoms with Crippen LogP contribution in [0, 0.1) is 6.92 Å². The van der Waals surface area contributed by atoms with Gasteiger partial charge >= 0.3 is 0 Å². The van der Waals surface area contributed by atoms with Gasteiger partial charge < -0.3 is 14.8 Å². The maximum atomic E-state index is 12.2. The van der Waals surface area contributed by atoms with Gasteiger partial charge in [-0.15, -0.1) is 0 Å². The van der Waals surface area contributed by atoms with Crippen LogP contribution in [-0.2, 0) is 22.5 Å². The monoisotopic (exact) mass is 391 g/mol. The molecule has 6 nitrogen and oxygen atoms in total. The second-order valence-electron chi connectivity index (χ2n) is 7.24. The van der Waals surface area contributed by atoms with E-state index in [-0.39, 0.29) is 18.6 Å². The number of amides is 1. The Bertz CT molecular complexity index is 951. The van der Waals surface area contributed by atoms with Crippen LogP contribution in [0.4, 0.5) is 0 Å². The topological polar surface area (TPSA) is 65.4 Å². The first-order valence-corrected chi connectivity index (χ1v) is 9.85. The number of aryl methyl sites for hydroxylation is 1. The fraction of sp³-hybridized carbons (Fsp3) is 0.304. The minimum absolute atomic E-state index is 0.0227. The highest BCUT2D eigenvalue weighted by Crippen LogP contribution is 2.25. The lowest BCUT2D eigenvalue weighted by molar-refractivity contribution is -0.123. The average Bonchev–Trinajstić information content (AvgIpc) is 3.15. The van der Waals surface area contributed by atoms with Gasteiger partial charge in [-0.05, 0) is 36.6 Å². The highest BCUT2D eigenvalue weighted by atomic mass is 16.5. The number of aromatic nitrogens is 2. The maximum absolute atomic E-state index is 12.2. The van der Waals surface area contributed by atoms with Crippen molar-refractivity contribution in [2.45, 2.75) is 26.0 Å². The van der Waals surface area contributed by atoms with Gasteiger partial charge in [0.05, 0.1) is 18.8 Å². The van der Waals surface area contributed by atoms with Crippen molar-refractivity contribution in [2.75, 3.05) is 19.8 Å². The molecule has 4 rings (SSSR count). The van der Waals surface area contributed by atoms with Crippen LogP contribution >= 0.6 is 0 Å². The van der Waals surface area contributed by atoms with Crippen molar-refractivity contribution in [1.29, 1.82) is 0 Å². The molecule has 150 valence electrons. The lowest BCUT2D eigenvalue weighted by atomic mass is 10.1. The third-order valence-electron chi connectivity index (χ3n) is 4.93. The molecule has 2 aromatic carbocycles. The van der Waals surface area contributed by atoms with E-state index in [0.717, 1.165) is 24.2 Å². The van der Waals surface area contributed by atoms with Gasteiger partial charge in [0, 0.05) is 12.7 Å². The van der Waals surface area contributed by atoms with Crippen molar-refractivity contribution < 1.29 is 14.3 Å². The standard InChI is InChI=1S/C23H25N3O3/c1-17-7-9-20(10-8-17)29-16-22(27)24-13-21-23-19(11-12-28-21)15-26(25-23)14-18-5-3-2-4-6-18/h2-10,15,21H,11-14,16H2,1H3,(H,24,27)/t21-/m1/s1. The maximum Gasteiger partial charge on any atom is 0.258 e. The molecular weight excluding hydrogens is 366 g/mol. The van der Waals surface area contributed by atoms with Gasteiger partial charge in [-0.25, -0.2) is 0 Å². The van der Waals surface area contributed by atoms with E-state index in [0.29, 0.717) is 18.9 Å². The highest BCUT2D eigenvalue weighted by Gasteiger charge is 2.25. The quantitative estimate of drug-likeness (QED) is 0.672. The first-order valence-electron chi connectivity index (χ1n) is 9.85. The van der Waals surface area contributed by atoms with E-state index < -0.39 is 0 Å². The molecule has 1 amide bonds. The summed E-state index contributed by atoms with van der Waals surface area (Å²) in [6.45, 7) is 3.72. The van der Waals surface area contributed by atoms with Crippen LogP contribution < -0.4 is 10.1 Å². The molecule has 1 atom stereocenters. The Labute approximate surface area is 170 Å². The van der Waals surface area contributed by atoms with Crippen molar-refractivity contribution in [3.63, 3.8) is 0 Å². The average molecular weight is 391 g/mol. The van der Waals surface area contributed by atoms with E-state index in [2.05, 4.69) is 23.6 Å². The number of hydrogen-bond donors (Lipinski definition) is 1. The molecule has 1 aromatic heterocycles. The SMILES string of the molecule is Cc1ccc(OCC(=O)NC[C@H]2OCCc3cn(Cc4ccccc4)nc32)cc1. The van der Waals surface area contributed by atoms with E-state index in [1.807, 2.05) is 54.1 Å². The molecule has 29 heavy (non-hydrogen) atoms. The Hall–Kier alpha value is -3.12. The fourth-order valence-corrected chi connectivity index (χ4v) is 3.38. The van der Waals surface area contributed by atoms with Crippen LogP contribution in [0.1, 0.15) is 28.5 Å². The van der Waals surface area contributed by atoms with Crippen LogP contribution in [0.3, 0.4) is 0 Å². The van der Waals surface area contributed by atoms with Gasteiger partial charge in [0.2, 0.25) is 0 Å². The van der Waals surface area contributed by atoms with Gasteiger partial charge in [-0.2, -0.15) is 5.10 Å². The minimum Gasteiger partial charge on any atom is -0.484 e. The number of fused-ring (bicyclic) bond motifs is 1. The third kappa shape index (κ3) is 5.03. The number of carbonyl (C=O) groups excluding carboxylic acids is 1. The molecule has 0 radical (unpaired) electrons. The Morgan fingerprint density at radius 3 is 2.79 bits per heavy atom. The van der Waals surface area contributed by atoms with Crippen molar-refractivity contribution in [3.8, 4) is 5.75 Å². The molecule has 2 heterocycles. The fourth-order valence-electron chi connectivity index (χ4n) is 3.38. The molecule has 6 heteroatoms. The van der Waals surface area contributed by atoms with Gasteiger partial charge in [0.25, 0.3) is 5.91 Å². The van der Waals surface area contributed by atoms with Crippen LogP contribution in [0.2, 0.25) is 0 Å². The summed E-state index contributed by atoms with van der Waals surface area (Å²) in [5, 5.41) is 7.61. The number of nitrogens with zero attached hydrogens (tertiary/aromatic N) is 2. The molecule has 0 aliphatic carbocycles. The Morgan fingerprint density at radius 2 is 2.00 bits per heavy atom. The predicted molar refractivity (Wildman–Crippen MR) is 110 cm³/mol. The largest absolute Gasteiger partial charge is 0.484 e. The molecule has 0 fully saturated rings. The lowest BCUT2D eigenvalue weighted by Crippen LogP contribution is -2.34. The summed E-state index contributed by atoms with van der Waals surface area (Å²) in [4.78, 5) is 12.2. The summed E-state index contributed by atoms with van der Waals surface area (Å²) in [6, 6.07) is 17.9. The Kier molecular flexibility index (Phi) is 5.91. The summed E-state index contributed by atoms with van der Waals surface area (Å²) in [5.41, 5.74) is 4.44. The van der Waals surface area contributed by atoms with E-state index in [1.165, 1.54) is 11.1 Å². The van der Waals surface area contributed by atoms with Crippen LogP contribution in [0.5, 0.6) is 5.75 Å². The summed E-state index contributed by atoms with van der Waals surface area (Å²) < 4.78 is 13.3. The molecule has 3 aromatic rings. The minimum atomic E-state index is -0.237. The van der Waals surface area contributed by atoms with Crippen LogP contribution in [0.25, 0.3) is 0 Å². The molecule has 0 spiro atoms. The van der Waals surface area contributed by atoms with Crippen molar-refractivity contribution in [3.05, 3.63) is 83.2 Å². The van der Waals surface area contributed by atoms with Gasteiger partial charge in [-0.1, -0.05) is 48.0 Å². The smallest absolute Gasteiger partial charge is 0.258 e. The molecule has 0 bridgehead atoms. The molecule has 0 saturated heterocycles. The van der Waals surface area contributed by atoms with E-state index >= 15 is 0 Å². The van der Waals surface area contributed by atoms with Crippen molar-refractivity contribution in [2.24, 2.45) is 0 Å². The summed E-state index contributed by atoms with van der Waals surface area (Å²) in [5.74, 6) is 0.506. The van der Waals surface area contributed by atoms with Crippen molar-refractivity contribution in [1.82, 2.24) is 15.1 Å². The normalized spacial score (nSPS) is 15.6. The van der Waals surface area contributed by atoms with Gasteiger partial charge in [0.1, 0.15) is 11.9 Å². The first-order chi connectivity index (χ1) is 14.2. The molecule has 1 aliphatic rings. The number of rotatable bonds is 7. The van der Waals surface area contributed by atoms with Crippen LogP contribution in [0.15, 0.2) is 60.8 Å². The van der Waals surface area contributed by atoms with E-state index in [4.69, 9.17) is 14.6 Å². The zero-order valence-electron chi connectivity index (χ0n) is 16.5. The van der Waals surface area contributed by atoms with E-state index in [9.17, 15) is 4.79 Å². The number of nitrogens with one attached hydrogen (secondary N) is 1. The predicted octanol–water partition coefficient (Wildman–Crippen LogP) is 3.05. The van der Waals surface area contributed by atoms with Gasteiger partial charge in [-0.3, -0.25) is 9.48 Å². The zero-order valence-corrected chi connectivity index (χ0v) is 16.5. The van der Waals surface area contributed by atoms with Crippen LogP contribution in [-0.4, -0.2) is 35.4 Å². The highest BCUT2D eigenvalue weighted by molar-refractivity contribution is 5.77. The van der Waals surface area contributed by atoms with Gasteiger partial charge in [0.15, 0.2) is 6.61 Å². The molecule has 1 N–H and O–H groups in total. The van der Waals surface area contributed by atoms with Crippen molar-refractivity contribution >= 4 is 5.91 Å².